The fourth-order valence-corrected chi connectivity index (χ4v) is 2.58. The summed E-state index contributed by atoms with van der Waals surface area (Å²) in [6, 6.07) is -5.57. The van der Waals surface area contributed by atoms with Crippen LogP contribution >= 0.6 is 0 Å². The van der Waals surface area contributed by atoms with E-state index in [1.165, 1.54) is 19.4 Å². The van der Waals surface area contributed by atoms with Crippen molar-refractivity contribution in [3.05, 3.63) is 18.2 Å². The number of carbonyl (C=O) groups excluding carboxylic acids is 3. The van der Waals surface area contributed by atoms with Gasteiger partial charge in [-0.2, -0.15) is 0 Å². The Hall–Kier alpha value is -4.01. The molecule has 182 valence electrons. The number of carboxylic acids is 3. The molecule has 4 unspecified atom stereocenters. The third kappa shape index (κ3) is 9.77. The number of aliphatic carboxylic acids is 3. The van der Waals surface area contributed by atoms with Crippen molar-refractivity contribution in [2.45, 2.75) is 56.8 Å². The van der Waals surface area contributed by atoms with Gasteiger partial charge in [0.15, 0.2) is 0 Å². The maximum Gasteiger partial charge on any atom is 0.326 e. The summed E-state index contributed by atoms with van der Waals surface area (Å²) in [5, 5.41) is 33.6. The van der Waals surface area contributed by atoms with Crippen LogP contribution in [0.1, 0.15) is 31.9 Å². The van der Waals surface area contributed by atoms with E-state index in [0.29, 0.717) is 5.69 Å². The van der Waals surface area contributed by atoms with E-state index in [1.54, 1.807) is 0 Å². The minimum atomic E-state index is -1.71. The van der Waals surface area contributed by atoms with Gasteiger partial charge >= 0.3 is 17.9 Å². The summed E-state index contributed by atoms with van der Waals surface area (Å²) in [5.74, 6) is -7.07. The molecule has 0 bridgehead atoms. The molecule has 1 aromatic rings. The predicted molar refractivity (Wildman–Crippen MR) is 108 cm³/mol. The van der Waals surface area contributed by atoms with Gasteiger partial charge < -0.3 is 42.0 Å². The van der Waals surface area contributed by atoms with Crippen molar-refractivity contribution in [1.82, 2.24) is 25.9 Å². The van der Waals surface area contributed by atoms with E-state index in [1.807, 2.05) is 5.32 Å². The minimum absolute atomic E-state index is 0.0952. The number of hydrogen-bond donors (Lipinski definition) is 8. The molecule has 0 saturated heterocycles. The molecular formula is C18H26N6O9. The number of aromatic amines is 1. The summed E-state index contributed by atoms with van der Waals surface area (Å²) in [6.07, 6.45) is 0.698. The van der Waals surface area contributed by atoms with Crippen LogP contribution in [0.15, 0.2) is 12.5 Å². The van der Waals surface area contributed by atoms with Crippen LogP contribution in [0.5, 0.6) is 0 Å². The lowest BCUT2D eigenvalue weighted by molar-refractivity contribution is -0.144. The van der Waals surface area contributed by atoms with Crippen molar-refractivity contribution in [3.8, 4) is 0 Å². The van der Waals surface area contributed by atoms with Crippen LogP contribution in [-0.4, -0.2) is 85.1 Å². The van der Waals surface area contributed by atoms with Gasteiger partial charge in [-0.1, -0.05) is 0 Å². The third-order valence-corrected chi connectivity index (χ3v) is 4.30. The summed E-state index contributed by atoms with van der Waals surface area (Å²) < 4.78 is 0. The maximum atomic E-state index is 12.8. The molecule has 0 spiro atoms. The standard InChI is InChI=1S/C18H26N6O9/c1-8(19)15(29)23-11(4-9-6-20-7-21-9)16(30)24-12(5-14(27)28)17(31)22-10(18(32)33)2-3-13(25)26/h6-8,10-12H,2-5,19H2,1H3,(H,20,21)(H,22,31)(H,23,29)(H,24,30)(H,25,26)(H,27,28)(H,32,33). The summed E-state index contributed by atoms with van der Waals surface area (Å²) in [7, 11) is 0. The number of rotatable bonds is 14. The third-order valence-electron chi connectivity index (χ3n) is 4.30. The minimum Gasteiger partial charge on any atom is -0.481 e. The van der Waals surface area contributed by atoms with Crippen molar-refractivity contribution < 1.29 is 44.1 Å². The van der Waals surface area contributed by atoms with Crippen LogP contribution < -0.4 is 21.7 Å². The zero-order chi connectivity index (χ0) is 25.1. The number of amides is 3. The molecule has 0 radical (unpaired) electrons. The molecule has 15 heteroatoms. The van der Waals surface area contributed by atoms with Gasteiger partial charge in [0, 0.05) is 24.7 Å². The summed E-state index contributed by atoms with van der Waals surface area (Å²) >= 11 is 0. The van der Waals surface area contributed by atoms with Gasteiger partial charge in [0.2, 0.25) is 17.7 Å². The molecule has 0 saturated carbocycles. The van der Waals surface area contributed by atoms with E-state index in [-0.39, 0.29) is 6.42 Å². The van der Waals surface area contributed by atoms with E-state index in [2.05, 4.69) is 20.6 Å². The van der Waals surface area contributed by atoms with Gasteiger partial charge in [-0.05, 0) is 13.3 Å². The van der Waals surface area contributed by atoms with Crippen molar-refractivity contribution in [3.63, 3.8) is 0 Å². The molecule has 1 aromatic heterocycles. The first-order chi connectivity index (χ1) is 15.4. The number of H-pyrrole nitrogens is 1. The number of carboxylic acid groups (broad SMARTS) is 3. The molecular weight excluding hydrogens is 444 g/mol. The van der Waals surface area contributed by atoms with Crippen molar-refractivity contribution in [1.29, 1.82) is 0 Å². The summed E-state index contributed by atoms with van der Waals surface area (Å²) in [5.41, 5.74) is 5.95. The zero-order valence-electron chi connectivity index (χ0n) is 17.6. The van der Waals surface area contributed by atoms with Crippen LogP contribution in [0.3, 0.4) is 0 Å². The lowest BCUT2D eigenvalue weighted by Crippen LogP contribution is -2.57. The molecule has 0 aliphatic heterocycles. The van der Waals surface area contributed by atoms with Crippen molar-refractivity contribution in [2.24, 2.45) is 5.73 Å². The van der Waals surface area contributed by atoms with Gasteiger partial charge in [0.1, 0.15) is 18.1 Å². The largest absolute Gasteiger partial charge is 0.481 e. The maximum absolute atomic E-state index is 12.8. The number of hydrogen-bond acceptors (Lipinski definition) is 8. The predicted octanol–water partition coefficient (Wildman–Crippen LogP) is -2.82. The fourth-order valence-electron chi connectivity index (χ4n) is 2.58. The topological polar surface area (TPSA) is 254 Å². The van der Waals surface area contributed by atoms with Crippen molar-refractivity contribution in [2.75, 3.05) is 0 Å². The second-order valence-electron chi connectivity index (χ2n) is 7.12. The second-order valence-corrected chi connectivity index (χ2v) is 7.12. The molecule has 1 rings (SSSR count). The second kappa shape index (κ2) is 12.7. The number of nitrogens with zero attached hydrogens (tertiary/aromatic N) is 1. The monoisotopic (exact) mass is 470 g/mol. The van der Waals surface area contributed by atoms with E-state index in [4.69, 9.17) is 15.9 Å². The highest BCUT2D eigenvalue weighted by Crippen LogP contribution is 2.04. The molecule has 4 atom stereocenters. The Morgan fingerprint density at radius 3 is 2.00 bits per heavy atom. The molecule has 33 heavy (non-hydrogen) atoms. The van der Waals surface area contributed by atoms with E-state index in [9.17, 15) is 33.9 Å². The Kier molecular flexibility index (Phi) is 10.4. The smallest absolute Gasteiger partial charge is 0.326 e. The van der Waals surface area contributed by atoms with Gasteiger partial charge in [0.05, 0.1) is 18.8 Å². The van der Waals surface area contributed by atoms with Crippen LogP contribution in [0.2, 0.25) is 0 Å². The first-order valence-corrected chi connectivity index (χ1v) is 9.71. The van der Waals surface area contributed by atoms with Gasteiger partial charge in [-0.3, -0.25) is 24.0 Å². The Balaban J connectivity index is 3.01. The number of carbonyl (C=O) groups is 6. The summed E-state index contributed by atoms with van der Waals surface area (Å²) in [6.45, 7) is 1.38. The highest BCUT2D eigenvalue weighted by Gasteiger charge is 2.31. The van der Waals surface area contributed by atoms with Crippen LogP contribution in [0.4, 0.5) is 0 Å². The Labute approximate surface area is 187 Å². The van der Waals surface area contributed by atoms with E-state index < -0.39 is 79.1 Å². The Morgan fingerprint density at radius 1 is 0.939 bits per heavy atom. The average Bonchev–Trinajstić information content (AvgIpc) is 3.22. The Morgan fingerprint density at radius 2 is 1.52 bits per heavy atom. The van der Waals surface area contributed by atoms with Crippen LogP contribution in [0, 0.1) is 0 Å². The highest BCUT2D eigenvalue weighted by molar-refractivity contribution is 5.95. The van der Waals surface area contributed by atoms with E-state index >= 15 is 0 Å². The van der Waals surface area contributed by atoms with Gasteiger partial charge in [0.25, 0.3) is 0 Å². The van der Waals surface area contributed by atoms with Gasteiger partial charge in [-0.15, -0.1) is 0 Å². The lowest BCUT2D eigenvalue weighted by atomic mass is 10.1. The van der Waals surface area contributed by atoms with E-state index in [0.717, 1.165) is 0 Å². The number of aromatic nitrogens is 2. The molecule has 0 fully saturated rings. The van der Waals surface area contributed by atoms with Gasteiger partial charge in [-0.25, -0.2) is 9.78 Å². The first-order valence-electron chi connectivity index (χ1n) is 9.71. The molecule has 0 aliphatic carbocycles. The molecule has 1 heterocycles. The van der Waals surface area contributed by atoms with Crippen molar-refractivity contribution >= 4 is 35.6 Å². The summed E-state index contributed by atoms with van der Waals surface area (Å²) in [4.78, 5) is 77.0. The fraction of sp³-hybridized carbons (Fsp3) is 0.500. The molecule has 9 N–H and O–H groups in total. The number of nitrogens with one attached hydrogen (secondary N) is 4. The molecule has 0 aromatic carbocycles. The Bertz CT molecular complexity index is 871. The normalized spacial score (nSPS) is 14.2. The molecule has 3 amide bonds. The quantitative estimate of drug-likeness (QED) is 0.137. The van der Waals surface area contributed by atoms with Crippen LogP contribution in [0.25, 0.3) is 0 Å². The molecule has 0 aliphatic rings. The number of imidazole rings is 1. The van der Waals surface area contributed by atoms with Crippen LogP contribution in [-0.2, 0) is 35.2 Å². The first kappa shape index (κ1) is 27.0. The lowest BCUT2D eigenvalue weighted by Gasteiger charge is -2.24. The average molecular weight is 470 g/mol. The highest BCUT2D eigenvalue weighted by atomic mass is 16.4. The zero-order valence-corrected chi connectivity index (χ0v) is 17.6. The SMILES string of the molecule is CC(N)C(=O)NC(Cc1cnc[nH]1)C(=O)NC(CC(=O)O)C(=O)NC(CCC(=O)O)C(=O)O. The number of nitrogens with two attached hydrogens (primary N) is 1. The molecule has 15 nitrogen and oxygen atoms in total.